The van der Waals surface area contributed by atoms with Crippen LogP contribution in [-0.4, -0.2) is 88.7 Å². The largest absolute Gasteiger partial charge is 0.481 e. The lowest BCUT2D eigenvalue weighted by atomic mass is 9.96. The number of aromatic amines is 1. The number of tetrazole rings is 1. The van der Waals surface area contributed by atoms with Crippen LogP contribution >= 0.6 is 23.5 Å². The number of carbonyl (C=O) groups excluding carboxylic acids is 2. The molecule has 3 heterocycles. The number of carboxylic acid groups (broad SMARTS) is 2. The molecule has 3 atom stereocenters. The lowest BCUT2D eigenvalue weighted by Gasteiger charge is -2.56. The molecule has 2 aliphatic rings. The summed E-state index contributed by atoms with van der Waals surface area (Å²) in [7, 11) is 1.20. The topological polar surface area (TPSA) is 211 Å². The number of thioether (sulfide) groups is 2. The Hall–Kier alpha value is -3.16. The van der Waals surface area contributed by atoms with E-state index in [2.05, 4.69) is 25.9 Å². The number of hydrogen-bond donors (Lipinski definition) is 4. The summed E-state index contributed by atoms with van der Waals surface area (Å²) in [6, 6.07) is 1.67. The molecule has 0 aromatic carbocycles. The Kier molecular flexibility index (Phi) is 7.01. The second-order valence-corrected chi connectivity index (χ2v) is 8.81. The molecule has 2 aliphatic heterocycles. The van der Waals surface area contributed by atoms with E-state index in [1.165, 1.54) is 7.11 Å². The Morgan fingerprint density at radius 3 is 2.81 bits per heavy atom. The van der Waals surface area contributed by atoms with Gasteiger partial charge in [-0.25, -0.2) is 4.79 Å². The zero-order valence-corrected chi connectivity index (χ0v) is 18.1. The van der Waals surface area contributed by atoms with Gasteiger partial charge in [0.2, 0.25) is 11.1 Å². The van der Waals surface area contributed by atoms with Gasteiger partial charge in [-0.05, 0) is 17.2 Å². The minimum atomic E-state index is -1.80. The second-order valence-electron chi connectivity index (χ2n) is 6.57. The molecule has 1 aromatic heterocycles. The van der Waals surface area contributed by atoms with Gasteiger partial charge in [-0.2, -0.15) is 10.5 Å². The zero-order valence-electron chi connectivity index (χ0n) is 16.5. The number of carbonyl (C=O) groups is 4. The number of fused-ring (bicyclic) bond motifs is 1. The number of methoxy groups -OCH3 is 1. The first-order valence-electron chi connectivity index (χ1n) is 9.01. The number of carboxylic acids is 2. The summed E-state index contributed by atoms with van der Waals surface area (Å²) >= 11 is 2.18. The number of nitrogens with one attached hydrogen (secondary N) is 2. The maximum atomic E-state index is 13.0. The molecule has 1 aromatic rings. The molecule has 1 fully saturated rings. The van der Waals surface area contributed by atoms with Crippen LogP contribution in [0.25, 0.3) is 0 Å². The van der Waals surface area contributed by atoms with Crippen molar-refractivity contribution in [3.05, 3.63) is 11.3 Å². The highest BCUT2D eigenvalue weighted by Gasteiger charge is 2.66. The van der Waals surface area contributed by atoms with Crippen molar-refractivity contribution in [2.45, 2.75) is 40.8 Å². The smallest absolute Gasteiger partial charge is 0.352 e. The molecule has 170 valence electrons. The SMILES string of the molecule is CO[C@@]1(NC(=O)CC#N)C(=O)N2C(C(=O)O)=C(C(CCC(=O)O)Sc3nn[nH]n3)CS[C@H]21. The summed E-state index contributed by atoms with van der Waals surface area (Å²) in [6.07, 6.45) is -0.691. The summed E-state index contributed by atoms with van der Waals surface area (Å²) in [5.74, 6) is -3.88. The predicted octanol–water partition coefficient (Wildman–Crippen LogP) is -0.848. The van der Waals surface area contributed by atoms with E-state index in [0.717, 1.165) is 28.4 Å². The molecular weight excluding hydrogens is 466 g/mol. The normalized spacial score (nSPS) is 23.1. The number of rotatable bonds is 10. The van der Waals surface area contributed by atoms with Gasteiger partial charge in [0.25, 0.3) is 11.6 Å². The monoisotopic (exact) mass is 483 g/mol. The van der Waals surface area contributed by atoms with Gasteiger partial charge in [-0.1, -0.05) is 11.8 Å². The van der Waals surface area contributed by atoms with Crippen LogP contribution in [-0.2, 0) is 23.9 Å². The fraction of sp³-hybridized carbons (Fsp3) is 0.500. The number of nitrogens with zero attached hydrogens (tertiary/aromatic N) is 5. The van der Waals surface area contributed by atoms with Gasteiger partial charge in [0.15, 0.2) is 0 Å². The van der Waals surface area contributed by atoms with E-state index in [9.17, 15) is 24.3 Å². The van der Waals surface area contributed by atoms with Gasteiger partial charge in [0.1, 0.15) is 17.5 Å². The minimum Gasteiger partial charge on any atom is -0.481 e. The van der Waals surface area contributed by atoms with Crippen LogP contribution in [0.3, 0.4) is 0 Å². The first-order chi connectivity index (χ1) is 15.2. The van der Waals surface area contributed by atoms with Crippen molar-refractivity contribution in [1.82, 2.24) is 30.8 Å². The van der Waals surface area contributed by atoms with Crippen molar-refractivity contribution < 1.29 is 34.1 Å². The summed E-state index contributed by atoms with van der Waals surface area (Å²) in [6.45, 7) is 0. The lowest BCUT2D eigenvalue weighted by Crippen LogP contribution is -2.80. The average Bonchev–Trinajstić information content (AvgIpc) is 3.26. The molecule has 32 heavy (non-hydrogen) atoms. The maximum Gasteiger partial charge on any atom is 0.352 e. The summed E-state index contributed by atoms with van der Waals surface area (Å²) in [4.78, 5) is 49.2. The van der Waals surface area contributed by atoms with Gasteiger partial charge in [0, 0.05) is 24.5 Å². The van der Waals surface area contributed by atoms with E-state index in [1.807, 2.05) is 0 Å². The summed E-state index contributed by atoms with van der Waals surface area (Å²) < 4.78 is 5.28. The Morgan fingerprint density at radius 1 is 1.50 bits per heavy atom. The number of nitriles is 1. The third kappa shape index (κ3) is 4.26. The van der Waals surface area contributed by atoms with Crippen molar-refractivity contribution in [3.63, 3.8) is 0 Å². The molecular formula is C16H17N7O7S2. The molecule has 14 nitrogen and oxygen atoms in total. The van der Waals surface area contributed by atoms with Crippen LogP contribution in [0.5, 0.6) is 0 Å². The highest BCUT2D eigenvalue weighted by atomic mass is 32.2. The number of amides is 2. The Labute approximate surface area is 188 Å². The van der Waals surface area contributed by atoms with Gasteiger partial charge in [-0.3, -0.25) is 19.3 Å². The third-order valence-electron chi connectivity index (χ3n) is 4.73. The molecule has 1 saturated heterocycles. The number of H-pyrrole nitrogens is 1. The standard InChI is InChI=1S/C16H17N7O7S2/c1-30-16(18-9(24)4-5-17)13(29)23-11(12(27)28)7(6-31-14(16)23)8(2-3-10(25)26)32-15-19-21-22-20-15/h8,14H,2-4,6H2,1H3,(H,18,24)(H,25,26)(H,27,28)(H,19,20,21,22)/t8?,14-,16-/m0/s1. The van der Waals surface area contributed by atoms with E-state index < -0.39 is 46.5 Å². The quantitative estimate of drug-likeness (QED) is 0.182. The molecule has 0 spiro atoms. The van der Waals surface area contributed by atoms with Crippen LogP contribution in [0.1, 0.15) is 19.3 Å². The van der Waals surface area contributed by atoms with Crippen molar-refractivity contribution in [2.75, 3.05) is 12.9 Å². The summed E-state index contributed by atoms with van der Waals surface area (Å²) in [5.41, 5.74) is -1.80. The van der Waals surface area contributed by atoms with Crippen LogP contribution in [0.4, 0.5) is 0 Å². The van der Waals surface area contributed by atoms with E-state index in [0.29, 0.717) is 5.57 Å². The molecule has 16 heteroatoms. The number of β-lactam (4-membered cyclic amide) rings is 1. The number of aliphatic carboxylic acids is 2. The number of hydrogen-bond acceptors (Lipinski definition) is 11. The fourth-order valence-electron chi connectivity index (χ4n) is 3.36. The highest BCUT2D eigenvalue weighted by Crippen LogP contribution is 2.49. The van der Waals surface area contributed by atoms with E-state index >= 15 is 0 Å². The van der Waals surface area contributed by atoms with Crippen molar-refractivity contribution in [1.29, 1.82) is 5.26 Å². The highest BCUT2D eigenvalue weighted by molar-refractivity contribution is 8.01. The zero-order chi connectivity index (χ0) is 23.5. The average molecular weight is 483 g/mol. The van der Waals surface area contributed by atoms with E-state index in [1.54, 1.807) is 6.07 Å². The molecule has 0 bridgehead atoms. The van der Waals surface area contributed by atoms with Crippen molar-refractivity contribution in [2.24, 2.45) is 0 Å². The van der Waals surface area contributed by atoms with E-state index in [4.69, 9.17) is 15.1 Å². The van der Waals surface area contributed by atoms with Gasteiger partial charge in [0.05, 0.1) is 6.07 Å². The van der Waals surface area contributed by atoms with Gasteiger partial charge in [-0.15, -0.1) is 22.0 Å². The van der Waals surface area contributed by atoms with Crippen LogP contribution < -0.4 is 5.32 Å². The first-order valence-corrected chi connectivity index (χ1v) is 10.9. The first kappa shape index (κ1) is 23.5. The third-order valence-corrected chi connectivity index (χ3v) is 7.26. The van der Waals surface area contributed by atoms with Crippen LogP contribution in [0.15, 0.2) is 16.4 Å². The molecule has 0 aliphatic carbocycles. The second kappa shape index (κ2) is 9.54. The Balaban J connectivity index is 1.96. The molecule has 2 amide bonds. The van der Waals surface area contributed by atoms with Crippen molar-refractivity contribution >= 4 is 47.3 Å². The molecule has 0 saturated carbocycles. The predicted molar refractivity (Wildman–Crippen MR) is 107 cm³/mol. The number of aromatic nitrogens is 4. The molecule has 4 N–H and O–H groups in total. The van der Waals surface area contributed by atoms with Crippen LogP contribution in [0.2, 0.25) is 0 Å². The number of ether oxygens (including phenoxy) is 1. The summed E-state index contributed by atoms with van der Waals surface area (Å²) in [5, 5.41) is 42.1. The van der Waals surface area contributed by atoms with Gasteiger partial charge >= 0.3 is 11.9 Å². The minimum absolute atomic E-state index is 0.0578. The Bertz CT molecular complexity index is 1010. The van der Waals surface area contributed by atoms with E-state index in [-0.39, 0.29) is 29.4 Å². The van der Waals surface area contributed by atoms with Gasteiger partial charge < -0.3 is 20.3 Å². The molecule has 1 unspecified atom stereocenters. The maximum absolute atomic E-state index is 13.0. The van der Waals surface area contributed by atoms with Crippen LogP contribution in [0, 0.1) is 11.3 Å². The molecule has 3 rings (SSSR count). The fourth-order valence-corrected chi connectivity index (χ4v) is 5.99. The Morgan fingerprint density at radius 2 is 2.25 bits per heavy atom. The van der Waals surface area contributed by atoms with Crippen molar-refractivity contribution in [3.8, 4) is 6.07 Å². The lowest BCUT2D eigenvalue weighted by molar-refractivity contribution is -0.192. The molecule has 0 radical (unpaired) electrons.